The van der Waals surface area contributed by atoms with Crippen LogP contribution in [-0.2, 0) is 16.6 Å². The minimum atomic E-state index is 0.250. The van der Waals surface area contributed by atoms with Crippen molar-refractivity contribution < 1.29 is 4.79 Å². The summed E-state index contributed by atoms with van der Waals surface area (Å²) in [6.45, 7) is 15.3. The first kappa shape index (κ1) is 27.9. The lowest BCUT2D eigenvalue weighted by Gasteiger charge is -2.28. The second-order valence-electron chi connectivity index (χ2n) is 6.92. The van der Waals surface area contributed by atoms with Crippen LogP contribution < -0.4 is 5.73 Å². The van der Waals surface area contributed by atoms with Crippen molar-refractivity contribution >= 4 is 29.0 Å². The molecule has 0 fully saturated rings. The summed E-state index contributed by atoms with van der Waals surface area (Å²) < 4.78 is 0.650. The highest BCUT2D eigenvalue weighted by Gasteiger charge is 2.25. The lowest BCUT2D eigenvalue weighted by Crippen LogP contribution is -2.26. The number of carbonyl (C=O) groups is 1. The van der Waals surface area contributed by atoms with Crippen molar-refractivity contribution in [1.82, 2.24) is 0 Å². The summed E-state index contributed by atoms with van der Waals surface area (Å²) in [5.74, 6) is 0.766. The van der Waals surface area contributed by atoms with E-state index in [1.165, 1.54) is 17.5 Å². The fraction of sp³-hybridized carbons (Fsp3) is 0.458. The molecule has 1 unspecified atom stereocenters. The molecular weight excluding hydrogens is 445 g/mol. The number of primary amides is 1. The van der Waals surface area contributed by atoms with Gasteiger partial charge in [-0.3, -0.25) is 4.79 Å². The van der Waals surface area contributed by atoms with Crippen molar-refractivity contribution in [2.24, 2.45) is 11.7 Å². The second kappa shape index (κ2) is 16.8. The highest BCUT2D eigenvalue weighted by molar-refractivity contribution is 14.1. The molecule has 1 atom stereocenters. The van der Waals surface area contributed by atoms with Gasteiger partial charge in [0.25, 0.3) is 0 Å². The molecule has 0 aliphatic heterocycles. The molecule has 152 valence electrons. The number of rotatable bonds is 4. The van der Waals surface area contributed by atoms with Gasteiger partial charge in [0.2, 0.25) is 6.41 Å². The molecule has 0 bridgehead atoms. The van der Waals surface area contributed by atoms with E-state index >= 15 is 0 Å². The van der Waals surface area contributed by atoms with E-state index in [4.69, 9.17) is 4.79 Å². The van der Waals surface area contributed by atoms with Crippen molar-refractivity contribution in [3.8, 4) is 0 Å². The SMILES string of the molecule is CC.CC(C)Cc1ccccc1.CC(I)C(C)(C)c1ccccc1.NC=O. The summed E-state index contributed by atoms with van der Waals surface area (Å²) in [7, 11) is 0. The Bertz CT molecular complexity index is 565. The molecule has 0 spiro atoms. The molecule has 0 radical (unpaired) electrons. The van der Waals surface area contributed by atoms with Gasteiger partial charge in [-0.25, -0.2) is 0 Å². The molecule has 2 rings (SSSR count). The summed E-state index contributed by atoms with van der Waals surface area (Å²) >= 11 is 2.49. The van der Waals surface area contributed by atoms with E-state index in [0.717, 1.165) is 5.92 Å². The van der Waals surface area contributed by atoms with Crippen molar-refractivity contribution in [2.45, 2.75) is 64.2 Å². The third kappa shape index (κ3) is 13.5. The Balaban J connectivity index is 0. The monoisotopic (exact) mass is 483 g/mol. The molecule has 27 heavy (non-hydrogen) atoms. The highest BCUT2D eigenvalue weighted by atomic mass is 127. The van der Waals surface area contributed by atoms with Crippen LogP contribution >= 0.6 is 22.6 Å². The topological polar surface area (TPSA) is 43.1 Å². The molecule has 2 aromatic rings. The summed E-state index contributed by atoms with van der Waals surface area (Å²) in [5, 5.41) is 0. The van der Waals surface area contributed by atoms with Gasteiger partial charge in [0, 0.05) is 9.34 Å². The van der Waals surface area contributed by atoms with Crippen molar-refractivity contribution in [1.29, 1.82) is 0 Å². The Morgan fingerprint density at radius 1 is 0.926 bits per heavy atom. The van der Waals surface area contributed by atoms with Crippen LogP contribution in [0.2, 0.25) is 0 Å². The van der Waals surface area contributed by atoms with E-state index in [-0.39, 0.29) is 11.8 Å². The maximum Gasteiger partial charge on any atom is 0.204 e. The summed E-state index contributed by atoms with van der Waals surface area (Å²) in [6.07, 6.45) is 1.45. The van der Waals surface area contributed by atoms with E-state index in [2.05, 4.69) is 124 Å². The average Bonchev–Trinajstić information content (AvgIpc) is 2.65. The zero-order chi connectivity index (χ0) is 21.3. The number of carbonyl (C=O) groups excluding carboxylic acids is 1. The number of hydrogen-bond donors (Lipinski definition) is 1. The van der Waals surface area contributed by atoms with E-state index in [9.17, 15) is 0 Å². The number of benzene rings is 2. The Kier molecular flexibility index (Phi) is 17.3. The van der Waals surface area contributed by atoms with Crippen LogP contribution in [0.15, 0.2) is 60.7 Å². The van der Waals surface area contributed by atoms with Gasteiger partial charge in [0.05, 0.1) is 0 Å². The predicted molar refractivity (Wildman–Crippen MR) is 130 cm³/mol. The maximum absolute atomic E-state index is 8.58. The van der Waals surface area contributed by atoms with E-state index in [0.29, 0.717) is 3.92 Å². The lowest BCUT2D eigenvalue weighted by molar-refractivity contribution is -0.106. The Hall–Kier alpha value is -1.36. The minimum absolute atomic E-state index is 0.250. The molecule has 2 nitrogen and oxygen atoms in total. The molecule has 0 saturated heterocycles. The second-order valence-corrected chi connectivity index (χ2v) is 8.79. The van der Waals surface area contributed by atoms with Gasteiger partial charge in [-0.2, -0.15) is 0 Å². The van der Waals surface area contributed by atoms with Crippen LogP contribution in [-0.4, -0.2) is 10.3 Å². The molecule has 0 heterocycles. The Morgan fingerprint density at radius 2 is 1.30 bits per heavy atom. The summed E-state index contributed by atoms with van der Waals surface area (Å²) in [4.78, 5) is 8.58. The van der Waals surface area contributed by atoms with Gasteiger partial charge in [-0.05, 0) is 23.5 Å². The fourth-order valence-electron chi connectivity index (χ4n) is 2.18. The highest BCUT2D eigenvalue weighted by Crippen LogP contribution is 2.31. The molecule has 0 aliphatic rings. The molecule has 0 saturated carbocycles. The first-order chi connectivity index (χ1) is 12.8. The van der Waals surface area contributed by atoms with E-state index < -0.39 is 0 Å². The zero-order valence-electron chi connectivity index (χ0n) is 18.1. The van der Waals surface area contributed by atoms with Gasteiger partial charge in [0.15, 0.2) is 0 Å². The molecule has 1 amide bonds. The summed E-state index contributed by atoms with van der Waals surface area (Å²) in [5.41, 5.74) is 7.31. The standard InChI is InChI=1S/C11H15I.C10H14.C2H6.CH3NO/c1-9(12)11(2,3)10-7-5-4-6-8-10;1-9(2)8-10-6-4-3-5-7-10;1-2;2-1-3/h4-9H,1-3H3;3-7,9H,8H2,1-2H3;1-2H3;1H,(H2,2,3). The Morgan fingerprint density at radius 3 is 1.63 bits per heavy atom. The van der Waals surface area contributed by atoms with Gasteiger partial charge in [-0.15, -0.1) is 0 Å². The van der Waals surface area contributed by atoms with Gasteiger partial charge >= 0.3 is 0 Å². The first-order valence-electron chi connectivity index (χ1n) is 9.64. The molecule has 2 aromatic carbocycles. The number of amides is 1. The summed E-state index contributed by atoms with van der Waals surface area (Å²) in [6, 6.07) is 21.3. The lowest BCUT2D eigenvalue weighted by atomic mass is 9.82. The third-order valence-electron chi connectivity index (χ3n) is 4.00. The third-order valence-corrected chi connectivity index (χ3v) is 5.56. The van der Waals surface area contributed by atoms with Gasteiger partial charge < -0.3 is 5.73 Å². The van der Waals surface area contributed by atoms with Crippen molar-refractivity contribution in [3.05, 3.63) is 71.8 Å². The van der Waals surface area contributed by atoms with Crippen LogP contribution in [0.5, 0.6) is 0 Å². The predicted octanol–water partition coefficient (Wildman–Crippen LogP) is 6.80. The minimum Gasteiger partial charge on any atom is -0.372 e. The normalized spacial score (nSPS) is 10.9. The maximum atomic E-state index is 8.58. The number of alkyl halides is 1. The Labute approximate surface area is 181 Å². The number of nitrogens with two attached hydrogens (primary N) is 1. The molecule has 0 aliphatic carbocycles. The van der Waals surface area contributed by atoms with Gasteiger partial charge in [-0.1, -0.05) is 132 Å². The largest absolute Gasteiger partial charge is 0.372 e. The van der Waals surface area contributed by atoms with Crippen LogP contribution in [0, 0.1) is 5.92 Å². The average molecular weight is 483 g/mol. The van der Waals surface area contributed by atoms with Crippen LogP contribution in [0.25, 0.3) is 0 Å². The molecule has 3 heteroatoms. The quantitative estimate of drug-likeness (QED) is 0.290. The van der Waals surface area contributed by atoms with Crippen LogP contribution in [0.3, 0.4) is 0 Å². The fourth-order valence-corrected chi connectivity index (χ4v) is 2.54. The van der Waals surface area contributed by atoms with Crippen LogP contribution in [0.4, 0.5) is 0 Å². The van der Waals surface area contributed by atoms with E-state index in [1.807, 2.05) is 13.8 Å². The van der Waals surface area contributed by atoms with Crippen LogP contribution in [0.1, 0.15) is 59.6 Å². The smallest absolute Gasteiger partial charge is 0.204 e. The van der Waals surface area contributed by atoms with E-state index in [1.54, 1.807) is 0 Å². The van der Waals surface area contributed by atoms with Gasteiger partial charge in [0.1, 0.15) is 0 Å². The molecule has 0 aromatic heterocycles. The van der Waals surface area contributed by atoms with Crippen molar-refractivity contribution in [3.63, 3.8) is 0 Å². The molecular formula is C24H38INO. The first-order valence-corrected chi connectivity index (χ1v) is 10.9. The molecule has 2 N–H and O–H groups in total. The number of halogens is 1. The zero-order valence-corrected chi connectivity index (χ0v) is 20.2. The number of hydrogen-bond acceptors (Lipinski definition) is 1. The van der Waals surface area contributed by atoms with Crippen molar-refractivity contribution in [2.75, 3.05) is 0 Å².